The molecule has 0 saturated heterocycles. The third kappa shape index (κ3) is 3.46. The van der Waals surface area contributed by atoms with Crippen LogP contribution in [0.1, 0.15) is 37.3 Å². The average Bonchev–Trinajstić information content (AvgIpc) is 2.47. The van der Waals surface area contributed by atoms with E-state index in [9.17, 15) is 13.2 Å². The highest BCUT2D eigenvalue weighted by molar-refractivity contribution is 5.65. The van der Waals surface area contributed by atoms with Crippen LogP contribution in [0, 0.1) is 24.4 Å². The van der Waals surface area contributed by atoms with Crippen LogP contribution in [0.15, 0.2) is 30.3 Å². The second kappa shape index (κ2) is 6.79. The Kier molecular flexibility index (Phi) is 5.05. The lowest BCUT2D eigenvalue weighted by Gasteiger charge is -2.09. The zero-order valence-electron chi connectivity index (χ0n) is 12.3. The van der Waals surface area contributed by atoms with Gasteiger partial charge in [0.25, 0.3) is 0 Å². The Balaban J connectivity index is 2.29. The smallest absolute Gasteiger partial charge is 0.169 e. The minimum atomic E-state index is -1.12. The van der Waals surface area contributed by atoms with Crippen molar-refractivity contribution in [2.75, 3.05) is 0 Å². The highest BCUT2D eigenvalue weighted by atomic mass is 19.2. The molecule has 0 saturated carbocycles. The van der Waals surface area contributed by atoms with Gasteiger partial charge in [-0.25, -0.2) is 13.2 Å². The van der Waals surface area contributed by atoms with Crippen LogP contribution < -0.4 is 0 Å². The molecule has 0 atom stereocenters. The van der Waals surface area contributed by atoms with Crippen LogP contribution in [0.2, 0.25) is 0 Å². The van der Waals surface area contributed by atoms with Gasteiger partial charge in [-0.05, 0) is 42.5 Å². The van der Waals surface area contributed by atoms with E-state index < -0.39 is 17.5 Å². The number of hydrogen-bond donors (Lipinski definition) is 0. The van der Waals surface area contributed by atoms with Crippen molar-refractivity contribution in [1.82, 2.24) is 0 Å². The van der Waals surface area contributed by atoms with E-state index >= 15 is 0 Å². The molecule has 2 aromatic rings. The van der Waals surface area contributed by atoms with Crippen LogP contribution in [-0.2, 0) is 6.42 Å². The monoisotopic (exact) mass is 292 g/mol. The van der Waals surface area contributed by atoms with Crippen molar-refractivity contribution in [2.24, 2.45) is 0 Å². The lowest BCUT2D eigenvalue weighted by Crippen LogP contribution is -1.98. The summed E-state index contributed by atoms with van der Waals surface area (Å²) in [4.78, 5) is 0. The standard InChI is InChI=1S/C18H19F3/c1-3-4-5-6-13-7-9-14(10-8-13)16-15(19)11-12(2)17(20)18(16)21/h7-11H,3-6H2,1-2H3. The van der Waals surface area contributed by atoms with Crippen molar-refractivity contribution < 1.29 is 13.2 Å². The lowest BCUT2D eigenvalue weighted by atomic mass is 9.99. The molecule has 3 heteroatoms. The molecule has 0 N–H and O–H groups in total. The van der Waals surface area contributed by atoms with E-state index in [1.54, 1.807) is 12.1 Å². The summed E-state index contributed by atoms with van der Waals surface area (Å²) in [5, 5.41) is 0. The second-order valence-electron chi connectivity index (χ2n) is 5.33. The van der Waals surface area contributed by atoms with E-state index in [-0.39, 0.29) is 11.1 Å². The summed E-state index contributed by atoms with van der Waals surface area (Å²) in [6.45, 7) is 3.49. The number of rotatable bonds is 5. The van der Waals surface area contributed by atoms with Gasteiger partial charge in [-0.3, -0.25) is 0 Å². The van der Waals surface area contributed by atoms with Gasteiger partial charge in [0.1, 0.15) is 5.82 Å². The van der Waals surface area contributed by atoms with Crippen molar-refractivity contribution >= 4 is 0 Å². The quantitative estimate of drug-likeness (QED) is 0.481. The van der Waals surface area contributed by atoms with Gasteiger partial charge in [0.15, 0.2) is 11.6 Å². The molecular weight excluding hydrogens is 273 g/mol. The third-order valence-electron chi connectivity index (χ3n) is 3.65. The zero-order chi connectivity index (χ0) is 15.4. The fourth-order valence-corrected chi connectivity index (χ4v) is 2.40. The SMILES string of the molecule is CCCCCc1ccc(-c2c(F)cc(C)c(F)c2F)cc1. The Hall–Kier alpha value is -1.77. The van der Waals surface area contributed by atoms with Crippen LogP contribution >= 0.6 is 0 Å². The highest BCUT2D eigenvalue weighted by Gasteiger charge is 2.18. The van der Waals surface area contributed by atoms with Gasteiger partial charge in [-0.2, -0.15) is 0 Å². The normalized spacial score (nSPS) is 10.9. The second-order valence-corrected chi connectivity index (χ2v) is 5.33. The molecule has 0 aromatic heterocycles. The van der Waals surface area contributed by atoms with E-state index in [1.807, 2.05) is 12.1 Å². The minimum absolute atomic E-state index is 0.0232. The summed E-state index contributed by atoms with van der Waals surface area (Å²) in [6.07, 6.45) is 4.35. The summed E-state index contributed by atoms with van der Waals surface area (Å²) in [5.41, 5.74) is 1.17. The Morgan fingerprint density at radius 3 is 2.19 bits per heavy atom. The maximum atomic E-state index is 13.9. The molecule has 0 bridgehead atoms. The molecule has 0 fully saturated rings. The van der Waals surface area contributed by atoms with Crippen molar-refractivity contribution in [1.29, 1.82) is 0 Å². The van der Waals surface area contributed by atoms with E-state index in [4.69, 9.17) is 0 Å². The third-order valence-corrected chi connectivity index (χ3v) is 3.65. The van der Waals surface area contributed by atoms with Gasteiger partial charge in [-0.1, -0.05) is 44.0 Å². The van der Waals surface area contributed by atoms with E-state index in [0.717, 1.165) is 37.3 Å². The maximum Gasteiger partial charge on any atom is 0.169 e. The van der Waals surface area contributed by atoms with Crippen LogP contribution in [0.3, 0.4) is 0 Å². The van der Waals surface area contributed by atoms with Crippen LogP contribution in [-0.4, -0.2) is 0 Å². The lowest BCUT2D eigenvalue weighted by molar-refractivity contribution is 0.493. The maximum absolute atomic E-state index is 13.9. The van der Waals surface area contributed by atoms with Gasteiger partial charge in [0.2, 0.25) is 0 Å². The van der Waals surface area contributed by atoms with Gasteiger partial charge in [0, 0.05) is 0 Å². The first-order valence-electron chi connectivity index (χ1n) is 7.28. The molecule has 2 rings (SSSR count). The van der Waals surface area contributed by atoms with Crippen molar-refractivity contribution in [2.45, 2.75) is 39.5 Å². The molecule has 0 spiro atoms. The van der Waals surface area contributed by atoms with Gasteiger partial charge >= 0.3 is 0 Å². The zero-order valence-corrected chi connectivity index (χ0v) is 12.3. The van der Waals surface area contributed by atoms with E-state index in [1.165, 1.54) is 6.92 Å². The number of unbranched alkanes of at least 4 members (excludes halogenated alkanes) is 2. The number of aryl methyl sites for hydroxylation is 2. The van der Waals surface area contributed by atoms with E-state index in [2.05, 4.69) is 6.92 Å². The molecule has 0 aliphatic heterocycles. The predicted octanol–water partition coefficient (Wildman–Crippen LogP) is 5.81. The molecule has 0 nitrogen and oxygen atoms in total. The Labute approximate surface area is 123 Å². The van der Waals surface area contributed by atoms with Gasteiger partial charge < -0.3 is 0 Å². The number of benzene rings is 2. The molecule has 0 radical (unpaired) electrons. The van der Waals surface area contributed by atoms with Crippen molar-refractivity contribution in [3.8, 4) is 11.1 Å². The van der Waals surface area contributed by atoms with Crippen LogP contribution in [0.25, 0.3) is 11.1 Å². The topological polar surface area (TPSA) is 0 Å². The Morgan fingerprint density at radius 1 is 0.905 bits per heavy atom. The van der Waals surface area contributed by atoms with E-state index in [0.29, 0.717) is 5.56 Å². The summed E-state index contributed by atoms with van der Waals surface area (Å²) in [7, 11) is 0. The van der Waals surface area contributed by atoms with Gasteiger partial charge in [0.05, 0.1) is 5.56 Å². The first-order valence-corrected chi connectivity index (χ1v) is 7.28. The first-order chi connectivity index (χ1) is 10.0. The Morgan fingerprint density at radius 2 is 1.57 bits per heavy atom. The molecular formula is C18H19F3. The molecule has 0 aliphatic rings. The van der Waals surface area contributed by atoms with Crippen molar-refractivity contribution in [3.05, 3.63) is 58.9 Å². The van der Waals surface area contributed by atoms with Crippen LogP contribution in [0.4, 0.5) is 13.2 Å². The first kappa shape index (κ1) is 15.6. The Bertz CT molecular complexity index is 615. The molecule has 0 amide bonds. The predicted molar refractivity (Wildman–Crippen MR) is 79.7 cm³/mol. The average molecular weight is 292 g/mol. The fraction of sp³-hybridized carbons (Fsp3) is 0.333. The van der Waals surface area contributed by atoms with Crippen molar-refractivity contribution in [3.63, 3.8) is 0 Å². The largest absolute Gasteiger partial charge is 0.206 e. The molecule has 0 heterocycles. The molecule has 2 aromatic carbocycles. The molecule has 0 unspecified atom stereocenters. The summed E-state index contributed by atoms with van der Waals surface area (Å²) in [6, 6.07) is 8.03. The fourth-order valence-electron chi connectivity index (χ4n) is 2.40. The number of hydrogen-bond acceptors (Lipinski definition) is 0. The highest BCUT2D eigenvalue weighted by Crippen LogP contribution is 2.29. The molecule has 21 heavy (non-hydrogen) atoms. The molecule has 0 aliphatic carbocycles. The number of halogens is 3. The van der Waals surface area contributed by atoms with Crippen LogP contribution in [0.5, 0.6) is 0 Å². The van der Waals surface area contributed by atoms with Gasteiger partial charge in [-0.15, -0.1) is 0 Å². The summed E-state index contributed by atoms with van der Waals surface area (Å²) in [5.74, 6) is -2.84. The minimum Gasteiger partial charge on any atom is -0.206 e. The molecule has 112 valence electrons. The summed E-state index contributed by atoms with van der Waals surface area (Å²) < 4.78 is 41.5. The summed E-state index contributed by atoms with van der Waals surface area (Å²) >= 11 is 0.